The van der Waals surface area contributed by atoms with E-state index in [1.165, 1.54) is 0 Å². The third-order valence-corrected chi connectivity index (χ3v) is 5.03. The van der Waals surface area contributed by atoms with Crippen molar-refractivity contribution >= 4 is 15.7 Å². The van der Waals surface area contributed by atoms with Gasteiger partial charge in [0.15, 0.2) is 0 Å². The van der Waals surface area contributed by atoms with Gasteiger partial charge in [-0.15, -0.1) is 0 Å². The minimum absolute atomic E-state index is 0.190. The smallest absolute Gasteiger partial charge is 0.244 e. The van der Waals surface area contributed by atoms with Crippen LogP contribution in [-0.4, -0.2) is 27.6 Å². The summed E-state index contributed by atoms with van der Waals surface area (Å²) in [4.78, 5) is 0.217. The normalized spacial score (nSPS) is 20.4. The lowest BCUT2D eigenvalue weighted by atomic mass is 10.1. The van der Waals surface area contributed by atoms with Crippen molar-refractivity contribution in [2.75, 3.05) is 18.5 Å². The summed E-state index contributed by atoms with van der Waals surface area (Å²) in [5, 5.41) is 3.29. The monoisotopic (exact) mass is 326 g/mol. The van der Waals surface area contributed by atoms with Crippen LogP contribution in [0, 0.1) is 11.8 Å². The van der Waals surface area contributed by atoms with Gasteiger partial charge in [0.1, 0.15) is 17.3 Å². The van der Waals surface area contributed by atoms with Gasteiger partial charge < -0.3 is 10.1 Å². The molecule has 0 bridgehead atoms. The van der Waals surface area contributed by atoms with Gasteiger partial charge in [-0.25, -0.2) is 13.1 Å². The molecular weight excluding hydrogens is 300 g/mol. The second kappa shape index (κ2) is 6.87. The van der Waals surface area contributed by atoms with Crippen molar-refractivity contribution in [3.63, 3.8) is 0 Å². The van der Waals surface area contributed by atoms with Crippen molar-refractivity contribution in [3.8, 4) is 5.75 Å². The molecule has 1 atom stereocenters. The van der Waals surface area contributed by atoms with Crippen LogP contribution < -0.4 is 14.8 Å². The molecule has 2 N–H and O–H groups in total. The van der Waals surface area contributed by atoms with Gasteiger partial charge in [0.2, 0.25) is 10.0 Å². The van der Waals surface area contributed by atoms with E-state index in [9.17, 15) is 8.42 Å². The van der Waals surface area contributed by atoms with Gasteiger partial charge in [0.05, 0.1) is 6.04 Å². The molecular formula is C16H26N2O3S. The van der Waals surface area contributed by atoms with Crippen LogP contribution in [0.4, 0.5) is 5.69 Å². The summed E-state index contributed by atoms with van der Waals surface area (Å²) < 4.78 is 33.4. The Morgan fingerprint density at radius 2 is 2.00 bits per heavy atom. The van der Waals surface area contributed by atoms with Crippen LogP contribution in [0.3, 0.4) is 0 Å². The molecule has 1 aromatic rings. The fraction of sp³-hybridized carbons (Fsp3) is 0.625. The molecule has 0 saturated carbocycles. The van der Waals surface area contributed by atoms with Crippen molar-refractivity contribution < 1.29 is 13.2 Å². The Kier molecular flexibility index (Phi) is 5.34. The molecule has 1 unspecified atom stereocenters. The molecule has 22 heavy (non-hydrogen) atoms. The first-order chi connectivity index (χ1) is 10.3. The summed E-state index contributed by atoms with van der Waals surface area (Å²) in [5.41, 5.74) is 0.880. The summed E-state index contributed by atoms with van der Waals surface area (Å²) in [7, 11) is -3.52. The molecule has 0 radical (unpaired) electrons. The average molecular weight is 326 g/mol. The van der Waals surface area contributed by atoms with E-state index >= 15 is 0 Å². The van der Waals surface area contributed by atoms with E-state index in [2.05, 4.69) is 37.7 Å². The van der Waals surface area contributed by atoms with E-state index in [4.69, 9.17) is 4.74 Å². The van der Waals surface area contributed by atoms with Crippen LogP contribution in [0.15, 0.2) is 23.1 Å². The molecule has 0 aliphatic carbocycles. The number of nitrogens with one attached hydrogen (secondary N) is 2. The maximum absolute atomic E-state index is 12.5. The number of fused-ring (bicyclic) bond motifs is 1. The Hall–Kier alpha value is -1.27. The van der Waals surface area contributed by atoms with Crippen LogP contribution in [0.5, 0.6) is 5.75 Å². The highest BCUT2D eigenvalue weighted by atomic mass is 32.2. The second-order valence-electron chi connectivity index (χ2n) is 6.70. The van der Waals surface area contributed by atoms with Crippen LogP contribution in [0.1, 0.15) is 34.1 Å². The second-order valence-corrected chi connectivity index (χ2v) is 8.38. The molecule has 1 aliphatic heterocycles. The lowest BCUT2D eigenvalue weighted by Crippen LogP contribution is -2.37. The number of hydrogen-bond donors (Lipinski definition) is 2. The first-order valence-corrected chi connectivity index (χ1v) is 9.29. The first-order valence-electron chi connectivity index (χ1n) is 7.81. The van der Waals surface area contributed by atoms with E-state index in [-0.39, 0.29) is 10.9 Å². The van der Waals surface area contributed by atoms with Crippen molar-refractivity contribution in [3.05, 3.63) is 18.2 Å². The quantitative estimate of drug-likeness (QED) is 0.873. The van der Waals surface area contributed by atoms with Crippen LogP contribution in [-0.2, 0) is 10.0 Å². The molecule has 2 rings (SSSR count). The third kappa shape index (κ3) is 4.36. The number of ether oxygens (including phenoxy) is 1. The van der Waals surface area contributed by atoms with Crippen LogP contribution in [0.25, 0.3) is 0 Å². The van der Waals surface area contributed by atoms with Crippen molar-refractivity contribution in [2.45, 2.75) is 45.1 Å². The zero-order valence-corrected chi connectivity index (χ0v) is 14.5. The van der Waals surface area contributed by atoms with Gasteiger partial charge >= 0.3 is 0 Å². The fourth-order valence-electron chi connectivity index (χ4n) is 2.47. The van der Waals surface area contributed by atoms with Crippen molar-refractivity contribution in [1.82, 2.24) is 4.72 Å². The maximum atomic E-state index is 12.5. The fourth-order valence-corrected chi connectivity index (χ4v) is 3.83. The number of rotatable bonds is 5. The summed E-state index contributed by atoms with van der Waals surface area (Å²) in [6.07, 6.45) is 0.756. The van der Waals surface area contributed by atoms with Gasteiger partial charge in [0, 0.05) is 18.3 Å². The summed E-state index contributed by atoms with van der Waals surface area (Å²) in [6, 6.07) is 4.98. The molecule has 5 nitrogen and oxygen atoms in total. The summed E-state index contributed by atoms with van der Waals surface area (Å²) in [6.45, 7) is 9.58. The largest absolute Gasteiger partial charge is 0.490 e. The van der Waals surface area contributed by atoms with Crippen molar-refractivity contribution in [2.24, 2.45) is 11.8 Å². The highest BCUT2D eigenvalue weighted by Gasteiger charge is 2.28. The average Bonchev–Trinajstić information content (AvgIpc) is 2.52. The van der Waals surface area contributed by atoms with E-state index in [0.717, 1.165) is 18.7 Å². The number of anilines is 1. The minimum Gasteiger partial charge on any atom is -0.490 e. The Balaban J connectivity index is 2.23. The highest BCUT2D eigenvalue weighted by molar-refractivity contribution is 7.89. The van der Waals surface area contributed by atoms with E-state index in [1.54, 1.807) is 18.2 Å². The Morgan fingerprint density at radius 3 is 2.64 bits per heavy atom. The predicted octanol–water partition coefficient (Wildman–Crippen LogP) is 2.84. The minimum atomic E-state index is -3.52. The molecule has 1 heterocycles. The Bertz CT molecular complexity index is 612. The zero-order chi connectivity index (χ0) is 16.3. The molecule has 0 amide bonds. The Morgan fingerprint density at radius 1 is 1.27 bits per heavy atom. The van der Waals surface area contributed by atoms with Gasteiger partial charge in [-0.2, -0.15) is 0 Å². The molecule has 124 valence electrons. The zero-order valence-electron chi connectivity index (χ0n) is 13.7. The molecule has 0 spiro atoms. The van der Waals surface area contributed by atoms with E-state index < -0.39 is 10.0 Å². The summed E-state index contributed by atoms with van der Waals surface area (Å²) >= 11 is 0. The first kappa shape index (κ1) is 17.1. The van der Waals surface area contributed by atoms with Gasteiger partial charge in [-0.3, -0.25) is 0 Å². The maximum Gasteiger partial charge on any atom is 0.244 e. The molecule has 0 saturated heterocycles. The van der Waals surface area contributed by atoms with Crippen LogP contribution >= 0.6 is 0 Å². The van der Waals surface area contributed by atoms with Gasteiger partial charge in [-0.1, -0.05) is 27.7 Å². The van der Waals surface area contributed by atoms with E-state index in [0.29, 0.717) is 24.2 Å². The number of sulfonamides is 1. The summed E-state index contributed by atoms with van der Waals surface area (Å²) in [5.74, 6) is 1.34. The highest BCUT2D eigenvalue weighted by Crippen LogP contribution is 2.30. The number of hydrogen-bond acceptors (Lipinski definition) is 4. The predicted molar refractivity (Wildman–Crippen MR) is 88.8 cm³/mol. The molecule has 1 aliphatic rings. The lowest BCUT2D eigenvalue weighted by molar-refractivity contribution is 0.262. The standard InChI is InChI=1S/C16H26N2O3S/c1-11(2)7-14-10-21-15-8-13(17-9-12(3)4)5-6-16(15)22(19,20)18-14/h5-6,8,11-12,14,17-18H,7,9-10H2,1-4H3. The molecule has 0 fully saturated rings. The SMILES string of the molecule is CC(C)CNc1ccc2c(c1)OCC(CC(C)C)NS2(=O)=O. The van der Waals surface area contributed by atoms with Gasteiger partial charge in [0.25, 0.3) is 0 Å². The van der Waals surface area contributed by atoms with E-state index in [1.807, 2.05) is 0 Å². The molecule has 6 heteroatoms. The molecule has 1 aromatic carbocycles. The van der Waals surface area contributed by atoms with Crippen molar-refractivity contribution in [1.29, 1.82) is 0 Å². The third-order valence-electron chi connectivity index (χ3n) is 3.47. The Labute approximate surface area is 133 Å². The van der Waals surface area contributed by atoms with Crippen LogP contribution in [0.2, 0.25) is 0 Å². The molecule has 0 aromatic heterocycles. The van der Waals surface area contributed by atoms with Gasteiger partial charge in [-0.05, 0) is 30.4 Å². The lowest BCUT2D eigenvalue weighted by Gasteiger charge is -2.16. The topological polar surface area (TPSA) is 67.4 Å². The number of benzene rings is 1.